The minimum absolute atomic E-state index is 0.320. The van der Waals surface area contributed by atoms with Crippen molar-refractivity contribution in [3.05, 3.63) is 17.4 Å². The van der Waals surface area contributed by atoms with Gasteiger partial charge in [0.25, 0.3) is 5.95 Å². The smallest absolute Gasteiger partial charge is 0.341 e. The third-order valence-electron chi connectivity index (χ3n) is 1.59. The van der Waals surface area contributed by atoms with Crippen molar-refractivity contribution in [2.75, 3.05) is 13.7 Å². The Balaban J connectivity index is 2.87. The van der Waals surface area contributed by atoms with Crippen LogP contribution in [-0.4, -0.2) is 19.7 Å². The molecule has 4 heteroatoms. The largest absolute Gasteiger partial charge is 0.468 e. The summed E-state index contributed by atoms with van der Waals surface area (Å²) < 4.78 is 14.7. The number of hydrogen-bond acceptors (Lipinski definition) is 4. The fourth-order valence-electron chi connectivity index (χ4n) is 0.967. The predicted molar refractivity (Wildman–Crippen MR) is 46.0 cm³/mol. The maximum atomic E-state index is 11.3. The Kier molecular flexibility index (Phi) is 2.95. The van der Waals surface area contributed by atoms with Gasteiger partial charge in [0.15, 0.2) is 0 Å². The van der Waals surface area contributed by atoms with Crippen LogP contribution in [0.3, 0.4) is 0 Å². The molecule has 0 aromatic carbocycles. The number of ether oxygens (including phenoxy) is 2. The fraction of sp³-hybridized carbons (Fsp3) is 0.444. The lowest BCUT2D eigenvalue weighted by molar-refractivity contribution is 0.0524. The van der Waals surface area contributed by atoms with Crippen molar-refractivity contribution >= 4 is 5.97 Å². The zero-order valence-electron chi connectivity index (χ0n) is 7.92. The number of rotatable bonds is 3. The zero-order chi connectivity index (χ0) is 9.84. The Morgan fingerprint density at radius 2 is 2.31 bits per heavy atom. The molecule has 0 N–H and O–H groups in total. The van der Waals surface area contributed by atoms with Crippen LogP contribution in [0.25, 0.3) is 0 Å². The molecule has 0 fully saturated rings. The highest BCUT2D eigenvalue weighted by atomic mass is 16.6. The summed E-state index contributed by atoms with van der Waals surface area (Å²) in [4.78, 5) is 11.3. The van der Waals surface area contributed by atoms with E-state index >= 15 is 0 Å². The third kappa shape index (κ3) is 2.02. The molecular weight excluding hydrogens is 172 g/mol. The number of furan rings is 1. The van der Waals surface area contributed by atoms with E-state index in [4.69, 9.17) is 13.9 Å². The van der Waals surface area contributed by atoms with Crippen LogP contribution in [0, 0.1) is 6.92 Å². The van der Waals surface area contributed by atoms with E-state index in [0.717, 1.165) is 0 Å². The van der Waals surface area contributed by atoms with E-state index < -0.39 is 0 Å². The fourth-order valence-corrected chi connectivity index (χ4v) is 0.967. The van der Waals surface area contributed by atoms with Gasteiger partial charge >= 0.3 is 5.97 Å². The summed E-state index contributed by atoms with van der Waals surface area (Å²) in [6.07, 6.45) is 0. The average molecular weight is 184 g/mol. The summed E-state index contributed by atoms with van der Waals surface area (Å²) in [5, 5.41) is 0. The minimum atomic E-state index is -0.382. The first-order valence-corrected chi connectivity index (χ1v) is 4.00. The van der Waals surface area contributed by atoms with Gasteiger partial charge in [0, 0.05) is 6.07 Å². The molecule has 0 saturated heterocycles. The Morgan fingerprint density at radius 3 is 2.77 bits per heavy atom. The molecular formula is C9H12O4. The zero-order valence-corrected chi connectivity index (χ0v) is 7.92. The number of aryl methyl sites for hydroxylation is 1. The Bertz CT molecular complexity index is 301. The normalized spacial score (nSPS) is 9.77. The summed E-state index contributed by atoms with van der Waals surface area (Å²) >= 11 is 0. The van der Waals surface area contributed by atoms with Gasteiger partial charge in [-0.05, 0) is 13.8 Å². The Labute approximate surface area is 76.4 Å². The van der Waals surface area contributed by atoms with Crippen LogP contribution >= 0.6 is 0 Å². The van der Waals surface area contributed by atoms with E-state index in [0.29, 0.717) is 23.9 Å². The Hall–Kier alpha value is -1.45. The molecule has 1 rings (SSSR count). The molecule has 1 aromatic heterocycles. The van der Waals surface area contributed by atoms with Crippen molar-refractivity contribution in [1.82, 2.24) is 0 Å². The highest BCUT2D eigenvalue weighted by molar-refractivity contribution is 5.90. The summed E-state index contributed by atoms with van der Waals surface area (Å²) in [5.74, 6) is 0.447. The van der Waals surface area contributed by atoms with Gasteiger partial charge in [0.1, 0.15) is 11.3 Å². The Morgan fingerprint density at radius 1 is 1.62 bits per heavy atom. The molecule has 0 radical (unpaired) electrons. The predicted octanol–water partition coefficient (Wildman–Crippen LogP) is 1.77. The maximum absolute atomic E-state index is 11.3. The second kappa shape index (κ2) is 3.98. The van der Waals surface area contributed by atoms with Crippen LogP contribution in [0.5, 0.6) is 5.95 Å². The van der Waals surface area contributed by atoms with E-state index in [9.17, 15) is 4.79 Å². The monoisotopic (exact) mass is 184 g/mol. The van der Waals surface area contributed by atoms with Gasteiger partial charge in [0.05, 0.1) is 13.7 Å². The molecule has 0 aliphatic heterocycles. The van der Waals surface area contributed by atoms with Crippen molar-refractivity contribution in [2.24, 2.45) is 0 Å². The van der Waals surface area contributed by atoms with Gasteiger partial charge in [-0.1, -0.05) is 0 Å². The second-order valence-corrected chi connectivity index (χ2v) is 2.46. The number of methoxy groups -OCH3 is 1. The van der Waals surface area contributed by atoms with Gasteiger partial charge < -0.3 is 13.9 Å². The molecule has 0 aliphatic carbocycles. The molecule has 0 amide bonds. The van der Waals surface area contributed by atoms with Gasteiger partial charge in [-0.2, -0.15) is 0 Å². The van der Waals surface area contributed by atoms with Crippen LogP contribution in [0.15, 0.2) is 10.5 Å². The summed E-state index contributed by atoms with van der Waals surface area (Å²) in [6.45, 7) is 3.80. The summed E-state index contributed by atoms with van der Waals surface area (Å²) in [5.41, 5.74) is 0.415. The highest BCUT2D eigenvalue weighted by Crippen LogP contribution is 2.21. The maximum Gasteiger partial charge on any atom is 0.341 e. The average Bonchev–Trinajstić information content (AvgIpc) is 2.47. The highest BCUT2D eigenvalue weighted by Gasteiger charge is 2.15. The van der Waals surface area contributed by atoms with Crippen LogP contribution in [0.4, 0.5) is 0 Å². The lowest BCUT2D eigenvalue weighted by Gasteiger charge is -1.97. The van der Waals surface area contributed by atoms with Crippen molar-refractivity contribution < 1.29 is 18.7 Å². The van der Waals surface area contributed by atoms with E-state index in [1.54, 1.807) is 13.8 Å². The SMILES string of the molecule is CCOC(=O)c1cc(OC)oc1C. The van der Waals surface area contributed by atoms with Gasteiger partial charge in [-0.3, -0.25) is 0 Å². The van der Waals surface area contributed by atoms with Crippen molar-refractivity contribution in [3.8, 4) is 5.95 Å². The molecule has 0 atom stereocenters. The van der Waals surface area contributed by atoms with Crippen molar-refractivity contribution in [1.29, 1.82) is 0 Å². The molecule has 72 valence electrons. The first kappa shape index (κ1) is 9.64. The molecule has 1 aromatic rings. The quantitative estimate of drug-likeness (QED) is 0.672. The number of hydrogen-bond donors (Lipinski definition) is 0. The van der Waals surface area contributed by atoms with E-state index in [1.807, 2.05) is 0 Å². The molecule has 1 heterocycles. The summed E-state index contributed by atoms with van der Waals surface area (Å²) in [6, 6.07) is 1.52. The van der Waals surface area contributed by atoms with E-state index in [1.165, 1.54) is 13.2 Å². The molecule has 0 bridgehead atoms. The van der Waals surface area contributed by atoms with Gasteiger partial charge in [-0.15, -0.1) is 0 Å². The molecule has 0 saturated carbocycles. The van der Waals surface area contributed by atoms with Gasteiger partial charge in [-0.25, -0.2) is 4.79 Å². The third-order valence-corrected chi connectivity index (χ3v) is 1.59. The molecule has 0 aliphatic rings. The molecule has 0 unspecified atom stereocenters. The summed E-state index contributed by atoms with van der Waals surface area (Å²) in [7, 11) is 1.48. The second-order valence-electron chi connectivity index (χ2n) is 2.46. The van der Waals surface area contributed by atoms with Crippen LogP contribution in [-0.2, 0) is 4.74 Å². The molecule has 13 heavy (non-hydrogen) atoms. The van der Waals surface area contributed by atoms with Crippen LogP contribution in [0.1, 0.15) is 23.0 Å². The standard InChI is InChI=1S/C9H12O4/c1-4-12-9(10)7-5-8(11-3)13-6(7)2/h5H,4H2,1-3H3. The van der Waals surface area contributed by atoms with Crippen molar-refractivity contribution in [2.45, 2.75) is 13.8 Å². The molecule has 4 nitrogen and oxygen atoms in total. The molecule has 0 spiro atoms. The van der Waals surface area contributed by atoms with Gasteiger partial charge in [0.2, 0.25) is 0 Å². The van der Waals surface area contributed by atoms with E-state index in [2.05, 4.69) is 0 Å². The van der Waals surface area contributed by atoms with E-state index in [-0.39, 0.29) is 5.97 Å². The first-order valence-electron chi connectivity index (χ1n) is 4.00. The topological polar surface area (TPSA) is 48.7 Å². The lowest BCUT2D eigenvalue weighted by atomic mass is 10.3. The lowest BCUT2D eigenvalue weighted by Crippen LogP contribution is -2.04. The number of esters is 1. The van der Waals surface area contributed by atoms with Crippen LogP contribution < -0.4 is 4.74 Å². The first-order chi connectivity index (χ1) is 6.19. The minimum Gasteiger partial charge on any atom is -0.468 e. The van der Waals surface area contributed by atoms with Crippen LogP contribution in [0.2, 0.25) is 0 Å². The number of carbonyl (C=O) groups excluding carboxylic acids is 1. The van der Waals surface area contributed by atoms with Crippen molar-refractivity contribution in [3.63, 3.8) is 0 Å². The number of carbonyl (C=O) groups is 1.